The van der Waals surface area contributed by atoms with Gasteiger partial charge in [0.25, 0.3) is 0 Å². The van der Waals surface area contributed by atoms with Crippen molar-refractivity contribution in [2.24, 2.45) is 5.92 Å². The topological polar surface area (TPSA) is 52.1 Å². The van der Waals surface area contributed by atoms with Crippen molar-refractivity contribution in [1.82, 2.24) is 6.15 Å². The predicted octanol–water partition coefficient (Wildman–Crippen LogP) is 3.12. The molecule has 2 nitrogen and oxygen atoms in total. The van der Waals surface area contributed by atoms with Gasteiger partial charge in [-0.2, -0.15) is 0 Å². The Hall–Kier alpha value is -0.630. The van der Waals surface area contributed by atoms with Crippen LogP contribution >= 0.6 is 0 Å². The van der Waals surface area contributed by atoms with E-state index in [-0.39, 0.29) is 17.9 Å². The molecule has 1 atom stereocenters. The van der Waals surface area contributed by atoms with Gasteiger partial charge in [0.05, 0.1) is 0 Å². The minimum absolute atomic E-state index is 0. The zero-order valence-corrected chi connectivity index (χ0v) is 8.52. The van der Waals surface area contributed by atoms with Gasteiger partial charge in [-0.3, -0.25) is 4.79 Å². The third-order valence-corrected chi connectivity index (χ3v) is 1.92. The summed E-state index contributed by atoms with van der Waals surface area (Å²) in [5.74, 6) is 0.465. The van der Waals surface area contributed by atoms with Gasteiger partial charge in [-0.1, -0.05) is 26.8 Å². The van der Waals surface area contributed by atoms with Gasteiger partial charge in [-0.15, -0.1) is 0 Å². The van der Waals surface area contributed by atoms with E-state index in [4.69, 9.17) is 0 Å². The lowest BCUT2D eigenvalue weighted by molar-refractivity contribution is -0.119. The van der Waals surface area contributed by atoms with Gasteiger partial charge in [0.15, 0.2) is 5.78 Å². The van der Waals surface area contributed by atoms with Crippen LogP contribution < -0.4 is 6.15 Å². The van der Waals surface area contributed by atoms with Crippen LogP contribution in [0, 0.1) is 5.92 Å². The number of Topliss-reactive ketones (excluding diaryl/α,β-unsaturated/α-hetero) is 1. The molecule has 0 aliphatic rings. The van der Waals surface area contributed by atoms with Gasteiger partial charge < -0.3 is 6.15 Å². The average molecular weight is 171 g/mol. The van der Waals surface area contributed by atoms with Crippen LogP contribution in [0.1, 0.15) is 40.0 Å². The molecule has 0 spiro atoms. The van der Waals surface area contributed by atoms with Gasteiger partial charge in [-0.25, -0.2) is 0 Å². The first-order valence-electron chi connectivity index (χ1n) is 4.33. The number of allylic oxidation sites excluding steroid dienone is 1. The van der Waals surface area contributed by atoms with Crippen molar-refractivity contribution in [3.8, 4) is 0 Å². The smallest absolute Gasteiger partial charge is 0.161 e. The predicted molar refractivity (Wildman–Crippen MR) is 53.5 cm³/mol. The van der Waals surface area contributed by atoms with Crippen LogP contribution in [0.25, 0.3) is 0 Å². The van der Waals surface area contributed by atoms with Gasteiger partial charge >= 0.3 is 0 Å². The molecule has 0 rings (SSSR count). The molecule has 0 fully saturated rings. The monoisotopic (exact) mass is 171 g/mol. The van der Waals surface area contributed by atoms with E-state index >= 15 is 0 Å². The van der Waals surface area contributed by atoms with Gasteiger partial charge in [0, 0.05) is 5.92 Å². The Kier molecular flexibility index (Phi) is 8.17. The summed E-state index contributed by atoms with van der Waals surface area (Å²) in [6.45, 7) is 9.61. The summed E-state index contributed by atoms with van der Waals surface area (Å²) >= 11 is 0. The molecular formula is C10H21NO. The summed E-state index contributed by atoms with van der Waals surface area (Å²) in [7, 11) is 0. The van der Waals surface area contributed by atoms with Gasteiger partial charge in [0.1, 0.15) is 0 Å². The minimum atomic E-state index is 0. The zero-order chi connectivity index (χ0) is 8.85. The van der Waals surface area contributed by atoms with E-state index in [1.165, 1.54) is 0 Å². The molecule has 12 heavy (non-hydrogen) atoms. The number of carbonyl (C=O) groups excluding carboxylic acids is 1. The lowest BCUT2D eigenvalue weighted by atomic mass is 9.92. The first-order valence-corrected chi connectivity index (χ1v) is 4.33. The summed E-state index contributed by atoms with van der Waals surface area (Å²) in [5.41, 5.74) is 0.699. The zero-order valence-electron chi connectivity index (χ0n) is 8.52. The van der Waals surface area contributed by atoms with Crippen LogP contribution in [0.2, 0.25) is 0 Å². The molecule has 0 aromatic rings. The second-order valence-electron chi connectivity index (χ2n) is 3.04. The van der Waals surface area contributed by atoms with Crippen LogP contribution in [-0.4, -0.2) is 5.78 Å². The molecule has 1 unspecified atom stereocenters. The fourth-order valence-electron chi connectivity index (χ4n) is 1.22. The standard InChI is InChI=1S/C10H18O.H3N/c1-5-7-9(6-2)10(11)8(3)4;/h9H,3,5-7H2,1-2,4H3;1H3. The Morgan fingerprint density at radius 3 is 2.17 bits per heavy atom. The maximum Gasteiger partial charge on any atom is 0.161 e. The lowest BCUT2D eigenvalue weighted by Gasteiger charge is -2.11. The van der Waals surface area contributed by atoms with E-state index in [9.17, 15) is 4.79 Å². The average Bonchev–Trinajstić information content (AvgIpc) is 1.98. The third-order valence-electron chi connectivity index (χ3n) is 1.92. The molecule has 2 heteroatoms. The van der Waals surface area contributed by atoms with E-state index < -0.39 is 0 Å². The largest absolute Gasteiger partial charge is 0.344 e. The highest BCUT2D eigenvalue weighted by Gasteiger charge is 2.14. The van der Waals surface area contributed by atoms with Crippen LogP contribution in [0.15, 0.2) is 12.2 Å². The summed E-state index contributed by atoms with van der Waals surface area (Å²) in [4.78, 5) is 11.4. The summed E-state index contributed by atoms with van der Waals surface area (Å²) in [6, 6.07) is 0. The quantitative estimate of drug-likeness (QED) is 0.646. The van der Waals surface area contributed by atoms with E-state index in [0.717, 1.165) is 19.3 Å². The van der Waals surface area contributed by atoms with Crippen molar-refractivity contribution in [1.29, 1.82) is 0 Å². The molecule has 0 aliphatic carbocycles. The maximum absolute atomic E-state index is 11.4. The van der Waals surface area contributed by atoms with Crippen molar-refractivity contribution in [3.05, 3.63) is 12.2 Å². The fraction of sp³-hybridized carbons (Fsp3) is 0.700. The molecule has 72 valence electrons. The van der Waals surface area contributed by atoms with Crippen LogP contribution in [0.4, 0.5) is 0 Å². The van der Waals surface area contributed by atoms with Crippen molar-refractivity contribution in [2.75, 3.05) is 0 Å². The molecule has 0 bridgehead atoms. The first kappa shape index (κ1) is 13.9. The SMILES string of the molecule is C=C(C)C(=O)C(CC)CCC.N. The third kappa shape index (κ3) is 4.29. The molecule has 0 radical (unpaired) electrons. The number of hydrogen-bond acceptors (Lipinski definition) is 2. The molecule has 0 aliphatic heterocycles. The highest BCUT2D eigenvalue weighted by atomic mass is 16.1. The normalized spacial score (nSPS) is 11.6. The van der Waals surface area contributed by atoms with Crippen molar-refractivity contribution >= 4 is 5.78 Å². The maximum atomic E-state index is 11.4. The Bertz CT molecular complexity index is 152. The Morgan fingerprint density at radius 1 is 1.42 bits per heavy atom. The van der Waals surface area contributed by atoms with Crippen LogP contribution in [0.3, 0.4) is 0 Å². The lowest BCUT2D eigenvalue weighted by Crippen LogP contribution is -2.13. The van der Waals surface area contributed by atoms with E-state index in [1.54, 1.807) is 6.92 Å². The van der Waals surface area contributed by atoms with Crippen molar-refractivity contribution in [2.45, 2.75) is 40.0 Å². The number of hydrogen-bond donors (Lipinski definition) is 1. The number of ketones is 1. The first-order chi connectivity index (χ1) is 5.13. The fourth-order valence-corrected chi connectivity index (χ4v) is 1.22. The van der Waals surface area contributed by atoms with E-state index in [1.807, 2.05) is 0 Å². The van der Waals surface area contributed by atoms with Gasteiger partial charge in [0.2, 0.25) is 0 Å². The molecule has 0 aromatic heterocycles. The van der Waals surface area contributed by atoms with E-state index in [2.05, 4.69) is 20.4 Å². The summed E-state index contributed by atoms with van der Waals surface area (Å²) in [6.07, 6.45) is 3.03. The molecule has 0 saturated carbocycles. The summed E-state index contributed by atoms with van der Waals surface area (Å²) < 4.78 is 0. The number of rotatable bonds is 5. The van der Waals surface area contributed by atoms with Gasteiger partial charge in [-0.05, 0) is 25.3 Å². The van der Waals surface area contributed by atoms with E-state index in [0.29, 0.717) is 5.57 Å². The molecular weight excluding hydrogens is 150 g/mol. The summed E-state index contributed by atoms with van der Waals surface area (Å²) in [5, 5.41) is 0. The minimum Gasteiger partial charge on any atom is -0.344 e. The van der Waals surface area contributed by atoms with Crippen molar-refractivity contribution < 1.29 is 4.79 Å². The highest BCUT2D eigenvalue weighted by molar-refractivity contribution is 5.95. The Balaban J connectivity index is 0. The Morgan fingerprint density at radius 2 is 1.92 bits per heavy atom. The second kappa shape index (κ2) is 7.04. The molecule has 3 N–H and O–H groups in total. The number of carbonyl (C=O) groups is 1. The Labute approximate surface area is 75.6 Å². The molecule has 0 heterocycles. The molecule has 0 amide bonds. The second-order valence-corrected chi connectivity index (χ2v) is 3.04. The van der Waals surface area contributed by atoms with Crippen molar-refractivity contribution in [3.63, 3.8) is 0 Å². The highest BCUT2D eigenvalue weighted by Crippen LogP contribution is 2.15. The van der Waals surface area contributed by atoms with Crippen LogP contribution in [-0.2, 0) is 4.79 Å². The van der Waals surface area contributed by atoms with Crippen LogP contribution in [0.5, 0.6) is 0 Å². The molecule has 0 saturated heterocycles. The molecule has 0 aromatic carbocycles.